The number of para-hydroxylation sites is 1. The number of furan rings is 1. The first kappa shape index (κ1) is 14.3. The number of carbonyl (C=O) groups is 1. The summed E-state index contributed by atoms with van der Waals surface area (Å²) in [7, 11) is 0. The largest absolute Gasteiger partial charge is 0.459 e. The smallest absolute Gasteiger partial charge is 0.293 e. The molecule has 0 aliphatic carbocycles. The summed E-state index contributed by atoms with van der Waals surface area (Å²) < 4.78 is 5.02. The topological polar surface area (TPSA) is 54.3 Å². The number of nitrogens with one attached hydrogen (secondary N) is 2. The Labute approximate surface area is 123 Å². The Kier molecular flexibility index (Phi) is 4.53. The molecule has 2 N–H and O–H groups in total. The lowest BCUT2D eigenvalue weighted by Gasteiger charge is -2.14. The van der Waals surface area contributed by atoms with Gasteiger partial charge in [0.2, 0.25) is 0 Å². The van der Waals surface area contributed by atoms with E-state index in [0.717, 1.165) is 23.2 Å². The summed E-state index contributed by atoms with van der Waals surface area (Å²) in [6.07, 6.45) is 2.33. The number of amides is 1. The monoisotopic (exact) mass is 288 g/mol. The molecule has 0 aliphatic rings. The summed E-state index contributed by atoms with van der Waals surface area (Å²) in [4.78, 5) is 11.8. The third-order valence-corrected chi connectivity index (χ3v) is 3.15. The Morgan fingerprint density at radius 3 is 2.75 bits per heavy atom. The Morgan fingerprint density at radius 1 is 1.30 bits per heavy atom. The average Bonchev–Trinajstić information content (AvgIpc) is 2.95. The molecule has 2 aromatic rings. The zero-order chi connectivity index (χ0) is 14.5. The van der Waals surface area contributed by atoms with Crippen molar-refractivity contribution in [2.24, 2.45) is 0 Å². The molecule has 0 unspecified atom stereocenters. The first-order valence-corrected chi connectivity index (χ1v) is 6.77. The minimum absolute atomic E-state index is 0.231. The molecule has 0 aliphatic heterocycles. The second-order valence-corrected chi connectivity index (χ2v) is 4.76. The lowest BCUT2D eigenvalue weighted by Crippen LogP contribution is -2.34. The van der Waals surface area contributed by atoms with E-state index in [0.29, 0.717) is 0 Å². The van der Waals surface area contributed by atoms with Crippen LogP contribution in [0, 0.1) is 6.92 Å². The minimum atomic E-state index is -0.362. The standard InChI is InChI=1S/C15H16N2O2S/c1-3-11-7-4-6-10(2)13(11)16-15(20)17-14(18)12-8-5-9-19-12/h4-9H,3H2,1-2H3,(H2,16,17,18,20). The highest BCUT2D eigenvalue weighted by Gasteiger charge is 2.12. The lowest BCUT2D eigenvalue weighted by atomic mass is 10.1. The third kappa shape index (κ3) is 3.24. The number of benzene rings is 1. The van der Waals surface area contributed by atoms with Crippen molar-refractivity contribution in [1.29, 1.82) is 0 Å². The fraction of sp³-hybridized carbons (Fsp3) is 0.200. The Morgan fingerprint density at radius 2 is 2.10 bits per heavy atom. The van der Waals surface area contributed by atoms with Gasteiger partial charge in [-0.3, -0.25) is 10.1 Å². The van der Waals surface area contributed by atoms with Crippen LogP contribution in [0.4, 0.5) is 5.69 Å². The number of aryl methyl sites for hydroxylation is 2. The van der Waals surface area contributed by atoms with Gasteiger partial charge < -0.3 is 9.73 Å². The Bertz CT molecular complexity index is 621. The fourth-order valence-electron chi connectivity index (χ4n) is 1.92. The van der Waals surface area contributed by atoms with Crippen molar-refractivity contribution in [2.75, 3.05) is 5.32 Å². The zero-order valence-electron chi connectivity index (χ0n) is 11.4. The SMILES string of the molecule is CCc1cccc(C)c1NC(=S)NC(=O)c1ccco1. The van der Waals surface area contributed by atoms with Gasteiger partial charge in [-0.2, -0.15) is 0 Å². The van der Waals surface area contributed by atoms with E-state index in [9.17, 15) is 4.79 Å². The highest BCUT2D eigenvalue weighted by molar-refractivity contribution is 7.80. The van der Waals surface area contributed by atoms with E-state index in [2.05, 4.69) is 17.6 Å². The summed E-state index contributed by atoms with van der Waals surface area (Å²) >= 11 is 5.17. The van der Waals surface area contributed by atoms with Gasteiger partial charge in [-0.05, 0) is 48.8 Å². The van der Waals surface area contributed by atoms with Crippen LogP contribution < -0.4 is 10.6 Å². The van der Waals surface area contributed by atoms with Crippen molar-refractivity contribution < 1.29 is 9.21 Å². The molecule has 0 radical (unpaired) electrons. The molecule has 0 saturated carbocycles. The van der Waals surface area contributed by atoms with Crippen LogP contribution in [0.5, 0.6) is 0 Å². The van der Waals surface area contributed by atoms with Crippen LogP contribution in [0.1, 0.15) is 28.6 Å². The average molecular weight is 288 g/mol. The van der Waals surface area contributed by atoms with Crippen LogP contribution in [0.15, 0.2) is 41.0 Å². The van der Waals surface area contributed by atoms with Crippen LogP contribution >= 0.6 is 12.2 Å². The maximum absolute atomic E-state index is 11.8. The zero-order valence-corrected chi connectivity index (χ0v) is 12.2. The van der Waals surface area contributed by atoms with Crippen LogP contribution in [-0.4, -0.2) is 11.0 Å². The van der Waals surface area contributed by atoms with E-state index in [1.807, 2.05) is 25.1 Å². The molecule has 1 heterocycles. The molecular weight excluding hydrogens is 272 g/mol. The Hall–Kier alpha value is -2.14. The first-order valence-electron chi connectivity index (χ1n) is 6.36. The predicted molar refractivity (Wildman–Crippen MR) is 83.0 cm³/mol. The molecule has 2 rings (SSSR count). The van der Waals surface area contributed by atoms with Crippen LogP contribution in [0.25, 0.3) is 0 Å². The molecule has 4 nitrogen and oxygen atoms in total. The predicted octanol–water partition coefficient (Wildman–Crippen LogP) is 3.28. The van der Waals surface area contributed by atoms with Gasteiger partial charge in [-0.25, -0.2) is 0 Å². The van der Waals surface area contributed by atoms with Gasteiger partial charge in [0, 0.05) is 5.69 Å². The van der Waals surface area contributed by atoms with Crippen LogP contribution in [0.2, 0.25) is 0 Å². The highest BCUT2D eigenvalue weighted by Crippen LogP contribution is 2.20. The van der Waals surface area contributed by atoms with Gasteiger partial charge >= 0.3 is 0 Å². The van der Waals surface area contributed by atoms with E-state index in [-0.39, 0.29) is 16.8 Å². The molecule has 0 atom stereocenters. The fourth-order valence-corrected chi connectivity index (χ4v) is 2.11. The number of anilines is 1. The van der Waals surface area contributed by atoms with E-state index >= 15 is 0 Å². The number of hydrogen-bond acceptors (Lipinski definition) is 3. The normalized spacial score (nSPS) is 10.1. The van der Waals surface area contributed by atoms with Gasteiger partial charge in [0.15, 0.2) is 10.9 Å². The van der Waals surface area contributed by atoms with E-state index in [1.54, 1.807) is 12.1 Å². The third-order valence-electron chi connectivity index (χ3n) is 2.95. The van der Waals surface area contributed by atoms with Gasteiger partial charge in [0.25, 0.3) is 5.91 Å². The minimum Gasteiger partial charge on any atom is -0.459 e. The van der Waals surface area contributed by atoms with Gasteiger partial charge in [-0.15, -0.1) is 0 Å². The van der Waals surface area contributed by atoms with Crippen molar-refractivity contribution in [3.05, 3.63) is 53.5 Å². The van der Waals surface area contributed by atoms with Crippen LogP contribution in [0.3, 0.4) is 0 Å². The highest BCUT2D eigenvalue weighted by atomic mass is 32.1. The van der Waals surface area contributed by atoms with Crippen LogP contribution in [-0.2, 0) is 6.42 Å². The van der Waals surface area contributed by atoms with Crippen molar-refractivity contribution >= 4 is 28.9 Å². The molecule has 0 fully saturated rings. The van der Waals surface area contributed by atoms with E-state index in [1.165, 1.54) is 6.26 Å². The van der Waals surface area contributed by atoms with Crippen molar-refractivity contribution in [1.82, 2.24) is 5.32 Å². The molecule has 5 heteroatoms. The van der Waals surface area contributed by atoms with Crippen molar-refractivity contribution in [3.8, 4) is 0 Å². The molecule has 1 aromatic heterocycles. The molecule has 1 amide bonds. The maximum atomic E-state index is 11.8. The lowest BCUT2D eigenvalue weighted by molar-refractivity contribution is 0.0950. The number of thiocarbonyl (C=S) groups is 1. The summed E-state index contributed by atoms with van der Waals surface area (Å²) in [5, 5.41) is 5.94. The number of hydrogen-bond donors (Lipinski definition) is 2. The number of rotatable bonds is 3. The molecule has 1 aromatic carbocycles. The molecule has 104 valence electrons. The van der Waals surface area contributed by atoms with Crippen molar-refractivity contribution in [3.63, 3.8) is 0 Å². The van der Waals surface area contributed by atoms with E-state index < -0.39 is 0 Å². The Balaban J connectivity index is 2.07. The number of carbonyl (C=O) groups excluding carboxylic acids is 1. The summed E-state index contributed by atoms with van der Waals surface area (Å²) in [5.74, 6) is -0.131. The van der Waals surface area contributed by atoms with Crippen molar-refractivity contribution in [2.45, 2.75) is 20.3 Å². The molecule has 0 spiro atoms. The maximum Gasteiger partial charge on any atom is 0.293 e. The molecule has 0 bridgehead atoms. The first-order chi connectivity index (χ1) is 9.61. The van der Waals surface area contributed by atoms with Gasteiger partial charge in [-0.1, -0.05) is 25.1 Å². The second-order valence-electron chi connectivity index (χ2n) is 4.35. The second kappa shape index (κ2) is 6.34. The summed E-state index contributed by atoms with van der Waals surface area (Å²) in [6, 6.07) is 9.28. The van der Waals surface area contributed by atoms with Gasteiger partial charge in [0.1, 0.15) is 0 Å². The van der Waals surface area contributed by atoms with Gasteiger partial charge in [0.05, 0.1) is 6.26 Å². The summed E-state index contributed by atoms with van der Waals surface area (Å²) in [5.41, 5.74) is 3.18. The molecule has 20 heavy (non-hydrogen) atoms. The quantitative estimate of drug-likeness (QED) is 0.851. The molecular formula is C15H16N2O2S. The summed E-state index contributed by atoms with van der Waals surface area (Å²) in [6.45, 7) is 4.07. The van der Waals surface area contributed by atoms with E-state index in [4.69, 9.17) is 16.6 Å². The molecule has 0 saturated heterocycles.